The Labute approximate surface area is 250 Å². The standard InChI is InChI=1S/C24H25N10O10P/c25-17-13-19(29-7-27-17)33(9-31-13)23-3-1-21(23,38)15(36)12(43-23)6-41-45(39,40)44-22-2-4-24(22,42-11(5-35)16(22)37)34-10-32-14-18(26)28-8-30-20(14)34/h1-4,7-12,15-16,35-38H,5-6H2,(H,39,40)(H2,25,27,29)(H2,26,28,30)/t11-,12-,15-,16-,21-,22-,23-,24-/m1/s1. The summed E-state index contributed by atoms with van der Waals surface area (Å²) in [5.41, 5.74) is 4.98. The van der Waals surface area contributed by atoms with E-state index in [2.05, 4.69) is 29.9 Å². The van der Waals surface area contributed by atoms with Gasteiger partial charge in [-0.15, -0.1) is 0 Å². The molecule has 236 valence electrons. The SMILES string of the molecule is Nc1ncnc2c1ncn2[C@@]12C=C[C@@]1(O)[C@H](O)[C@@H](COP(=O)(O)O[C@@]13C=C[C@@]1(n1cnc4c(N)ncnc41)O[C@H](CO)[C@H]3O)O2. The van der Waals surface area contributed by atoms with Gasteiger partial charge in [-0.05, 0) is 24.3 Å². The van der Waals surface area contributed by atoms with Gasteiger partial charge in [0.2, 0.25) is 11.4 Å². The molecule has 2 saturated heterocycles. The number of imidazole rings is 2. The fourth-order valence-electron chi connectivity index (χ4n) is 6.47. The van der Waals surface area contributed by atoms with Crippen LogP contribution in [0.3, 0.4) is 0 Å². The number of nitrogens with zero attached hydrogens (tertiary/aromatic N) is 8. The summed E-state index contributed by atoms with van der Waals surface area (Å²) in [6.07, 6.45) is 4.48. The molecule has 45 heavy (non-hydrogen) atoms. The van der Waals surface area contributed by atoms with Crippen molar-refractivity contribution in [2.45, 2.75) is 47.1 Å². The highest BCUT2D eigenvalue weighted by Crippen LogP contribution is 2.62. The van der Waals surface area contributed by atoms with Crippen molar-refractivity contribution in [3.05, 3.63) is 49.6 Å². The van der Waals surface area contributed by atoms with Gasteiger partial charge >= 0.3 is 7.82 Å². The van der Waals surface area contributed by atoms with Gasteiger partial charge in [0.1, 0.15) is 48.1 Å². The van der Waals surface area contributed by atoms with E-state index in [1.807, 2.05) is 0 Å². The predicted molar refractivity (Wildman–Crippen MR) is 147 cm³/mol. The lowest BCUT2D eigenvalue weighted by Gasteiger charge is -2.48. The van der Waals surface area contributed by atoms with E-state index < -0.39 is 68.1 Å². The lowest BCUT2D eigenvalue weighted by Crippen LogP contribution is -2.62. The molecule has 0 spiro atoms. The number of hydrogen-bond acceptors (Lipinski definition) is 17. The molecule has 4 aromatic heterocycles. The van der Waals surface area contributed by atoms with Crippen molar-refractivity contribution in [1.29, 1.82) is 0 Å². The van der Waals surface area contributed by atoms with Crippen molar-refractivity contribution in [2.24, 2.45) is 0 Å². The minimum absolute atomic E-state index is 0.0519. The third-order valence-electron chi connectivity index (χ3n) is 8.80. The zero-order chi connectivity index (χ0) is 31.6. The Bertz CT molecular complexity index is 1990. The molecule has 0 radical (unpaired) electrons. The summed E-state index contributed by atoms with van der Waals surface area (Å²) in [6, 6.07) is 0. The number of hydrogen-bond donors (Lipinski definition) is 7. The van der Waals surface area contributed by atoms with Gasteiger partial charge in [-0.2, -0.15) is 0 Å². The van der Waals surface area contributed by atoms with Crippen LogP contribution >= 0.6 is 7.82 Å². The average Bonchev–Trinajstić information content (AvgIpc) is 3.71. The van der Waals surface area contributed by atoms with Crippen LogP contribution in [0.2, 0.25) is 0 Å². The number of aliphatic hydroxyl groups excluding tert-OH is 3. The van der Waals surface area contributed by atoms with Crippen LogP contribution in [-0.2, 0) is 34.5 Å². The molecule has 6 heterocycles. The fourth-order valence-corrected chi connectivity index (χ4v) is 7.54. The highest BCUT2D eigenvalue weighted by atomic mass is 31.2. The van der Waals surface area contributed by atoms with E-state index >= 15 is 0 Å². The first kappa shape index (κ1) is 28.5. The van der Waals surface area contributed by atoms with Crippen LogP contribution in [0.15, 0.2) is 49.6 Å². The number of nitrogens with two attached hydrogens (primary N) is 2. The largest absolute Gasteiger partial charge is 0.473 e. The number of aliphatic hydroxyl groups is 4. The smallest absolute Gasteiger partial charge is 0.394 e. The Hall–Kier alpha value is -3.95. The monoisotopic (exact) mass is 644 g/mol. The molecule has 1 unspecified atom stereocenters. The lowest BCUT2D eigenvalue weighted by molar-refractivity contribution is -0.163. The summed E-state index contributed by atoms with van der Waals surface area (Å²) >= 11 is 0. The van der Waals surface area contributed by atoms with Crippen molar-refractivity contribution in [2.75, 3.05) is 24.7 Å². The molecular formula is C24H25N10O10P. The van der Waals surface area contributed by atoms with Gasteiger partial charge in [0.15, 0.2) is 34.1 Å². The molecule has 4 aliphatic rings. The third-order valence-corrected chi connectivity index (χ3v) is 9.81. The predicted octanol–water partition coefficient (Wildman–Crippen LogP) is -2.61. The Morgan fingerprint density at radius 1 is 0.844 bits per heavy atom. The van der Waals surface area contributed by atoms with Crippen molar-refractivity contribution < 1.29 is 48.4 Å². The third kappa shape index (κ3) is 3.43. The normalized spacial score (nSPS) is 37.8. The maximum atomic E-state index is 13.5. The minimum Gasteiger partial charge on any atom is -0.394 e. The first-order valence-corrected chi connectivity index (χ1v) is 14.9. The molecule has 0 aromatic carbocycles. The molecule has 0 amide bonds. The summed E-state index contributed by atoms with van der Waals surface area (Å²) in [7, 11) is -5.14. The zero-order valence-electron chi connectivity index (χ0n) is 22.8. The van der Waals surface area contributed by atoms with E-state index in [-0.39, 0.29) is 34.0 Å². The molecule has 0 bridgehead atoms. The lowest BCUT2D eigenvalue weighted by atomic mass is 9.76. The molecule has 20 nitrogen and oxygen atoms in total. The number of fused-ring (bicyclic) bond motifs is 4. The van der Waals surface area contributed by atoms with Crippen molar-refractivity contribution in [3.63, 3.8) is 0 Å². The van der Waals surface area contributed by atoms with Crippen LogP contribution in [-0.4, -0.2) is 113 Å². The van der Waals surface area contributed by atoms with Crippen LogP contribution < -0.4 is 11.5 Å². The Balaban J connectivity index is 1.07. The number of nitrogen functional groups attached to an aromatic ring is 2. The molecule has 0 saturated carbocycles. The van der Waals surface area contributed by atoms with Gasteiger partial charge in [-0.1, -0.05) is 0 Å². The summed E-state index contributed by atoms with van der Waals surface area (Å²) in [5, 5.41) is 43.6. The number of phosphoric ester groups is 1. The molecule has 9 atom stereocenters. The first-order valence-electron chi connectivity index (χ1n) is 13.4. The van der Waals surface area contributed by atoms with E-state index in [9.17, 15) is 29.9 Å². The molecule has 2 aliphatic carbocycles. The van der Waals surface area contributed by atoms with Gasteiger partial charge in [0.05, 0.1) is 25.9 Å². The molecular weight excluding hydrogens is 619 g/mol. The van der Waals surface area contributed by atoms with Crippen LogP contribution in [0.5, 0.6) is 0 Å². The molecule has 2 aliphatic heterocycles. The quantitative estimate of drug-likeness (QED) is 0.0763. The molecule has 8 rings (SSSR count). The van der Waals surface area contributed by atoms with E-state index in [1.54, 1.807) is 0 Å². The van der Waals surface area contributed by atoms with Gasteiger partial charge in [0.25, 0.3) is 0 Å². The average molecular weight is 644 g/mol. The molecule has 4 aromatic rings. The highest BCUT2D eigenvalue weighted by Gasteiger charge is 2.73. The summed E-state index contributed by atoms with van der Waals surface area (Å²) in [5.74, 6) is 0.136. The number of anilines is 2. The first-order chi connectivity index (χ1) is 21.4. The highest BCUT2D eigenvalue weighted by molar-refractivity contribution is 7.47. The number of ether oxygens (including phenoxy) is 2. The van der Waals surface area contributed by atoms with Gasteiger partial charge in [-0.25, -0.2) is 34.5 Å². The summed E-state index contributed by atoms with van der Waals surface area (Å²) in [6.45, 7) is -1.43. The van der Waals surface area contributed by atoms with Gasteiger partial charge in [0, 0.05) is 0 Å². The fraction of sp³-hybridized carbons (Fsp3) is 0.417. The second kappa shape index (κ2) is 9.07. The molecule has 9 N–H and O–H groups in total. The van der Waals surface area contributed by atoms with E-state index in [0.29, 0.717) is 0 Å². The Morgan fingerprint density at radius 3 is 1.96 bits per heavy atom. The topological polar surface area (TPSA) is 294 Å². The van der Waals surface area contributed by atoms with Crippen molar-refractivity contribution in [3.8, 4) is 0 Å². The van der Waals surface area contributed by atoms with E-state index in [1.165, 1.54) is 58.7 Å². The van der Waals surface area contributed by atoms with Crippen LogP contribution in [0, 0.1) is 0 Å². The maximum Gasteiger partial charge on any atom is 0.473 e. The van der Waals surface area contributed by atoms with Crippen LogP contribution in [0.25, 0.3) is 22.3 Å². The van der Waals surface area contributed by atoms with Crippen LogP contribution in [0.1, 0.15) is 0 Å². The second-order valence-electron chi connectivity index (χ2n) is 11.0. The molecule has 2 fully saturated rings. The number of rotatable bonds is 8. The van der Waals surface area contributed by atoms with Gasteiger partial charge < -0.3 is 46.3 Å². The molecule has 21 heteroatoms. The van der Waals surface area contributed by atoms with E-state index in [4.69, 9.17) is 30.0 Å². The minimum atomic E-state index is -5.14. The number of phosphoric acid groups is 1. The Kier molecular flexibility index (Phi) is 5.75. The van der Waals surface area contributed by atoms with Crippen molar-refractivity contribution in [1.82, 2.24) is 39.0 Å². The van der Waals surface area contributed by atoms with Crippen molar-refractivity contribution >= 4 is 41.8 Å². The zero-order valence-corrected chi connectivity index (χ0v) is 23.7. The Morgan fingerprint density at radius 2 is 1.42 bits per heavy atom. The maximum absolute atomic E-state index is 13.5. The van der Waals surface area contributed by atoms with E-state index in [0.717, 1.165) is 0 Å². The number of aromatic nitrogens is 8. The van der Waals surface area contributed by atoms with Gasteiger partial charge in [-0.3, -0.25) is 18.2 Å². The summed E-state index contributed by atoms with van der Waals surface area (Å²) < 4.78 is 39.1. The summed E-state index contributed by atoms with van der Waals surface area (Å²) in [4.78, 5) is 35.4. The second-order valence-corrected chi connectivity index (χ2v) is 12.4. The van der Waals surface area contributed by atoms with Crippen LogP contribution in [0.4, 0.5) is 11.6 Å².